The van der Waals surface area contributed by atoms with Crippen molar-refractivity contribution in [2.24, 2.45) is 0 Å². The Morgan fingerprint density at radius 1 is 0.944 bits per heavy atom. The zero-order valence-corrected chi connectivity index (χ0v) is 10.1. The van der Waals surface area contributed by atoms with E-state index in [1.54, 1.807) is 6.07 Å². The van der Waals surface area contributed by atoms with Crippen molar-refractivity contribution in [2.75, 3.05) is 0 Å². The Morgan fingerprint density at radius 2 is 1.72 bits per heavy atom. The molecule has 0 atom stereocenters. The molecule has 2 heteroatoms. The van der Waals surface area contributed by atoms with E-state index in [1.165, 1.54) is 0 Å². The van der Waals surface area contributed by atoms with Crippen LogP contribution >= 0.6 is 0 Å². The Morgan fingerprint density at radius 3 is 2.44 bits per heavy atom. The third kappa shape index (κ3) is 2.56. The second kappa shape index (κ2) is 5.17. The van der Waals surface area contributed by atoms with Crippen LogP contribution in [0.4, 0.5) is 0 Å². The second-order valence-corrected chi connectivity index (χ2v) is 4.25. The summed E-state index contributed by atoms with van der Waals surface area (Å²) >= 11 is 0. The lowest BCUT2D eigenvalue weighted by Gasteiger charge is -2.04. The Balaban J connectivity index is 2.29. The molecule has 18 heavy (non-hydrogen) atoms. The number of hydrogen-bond donors (Lipinski definition) is 0. The molecule has 0 saturated heterocycles. The highest BCUT2D eigenvalue weighted by Crippen LogP contribution is 2.15. The molecule has 86 valence electrons. The number of nitrogens with zero attached hydrogens (tertiary/aromatic N) is 2. The summed E-state index contributed by atoms with van der Waals surface area (Å²) in [5, 5.41) is 17.9. The zero-order chi connectivity index (χ0) is 13.0. The van der Waals surface area contributed by atoms with E-state index in [2.05, 4.69) is 12.1 Å². The smallest absolute Gasteiger partial charge is 0.0994 e. The van der Waals surface area contributed by atoms with E-state index in [9.17, 15) is 0 Å². The van der Waals surface area contributed by atoms with Gasteiger partial charge < -0.3 is 0 Å². The molecule has 0 aliphatic rings. The number of benzene rings is 2. The number of nitriles is 2. The first-order valence-corrected chi connectivity index (χ1v) is 5.71. The normalized spacial score (nSPS) is 9.50. The van der Waals surface area contributed by atoms with Crippen LogP contribution in [0.3, 0.4) is 0 Å². The average Bonchev–Trinajstić information content (AvgIpc) is 2.41. The van der Waals surface area contributed by atoms with Gasteiger partial charge >= 0.3 is 0 Å². The van der Waals surface area contributed by atoms with Crippen molar-refractivity contribution >= 4 is 0 Å². The predicted octanol–water partition coefficient (Wildman–Crippen LogP) is 3.33. The van der Waals surface area contributed by atoms with Crippen LogP contribution in [0.25, 0.3) is 0 Å². The molecule has 0 aliphatic heterocycles. The van der Waals surface area contributed by atoms with Crippen molar-refractivity contribution in [2.45, 2.75) is 13.3 Å². The van der Waals surface area contributed by atoms with Gasteiger partial charge in [-0.2, -0.15) is 10.5 Å². The summed E-state index contributed by atoms with van der Waals surface area (Å²) < 4.78 is 0. The van der Waals surface area contributed by atoms with E-state index >= 15 is 0 Å². The molecule has 0 amide bonds. The summed E-state index contributed by atoms with van der Waals surface area (Å²) in [6.45, 7) is 1.93. The van der Waals surface area contributed by atoms with Crippen LogP contribution in [0.5, 0.6) is 0 Å². The highest BCUT2D eigenvalue weighted by Gasteiger charge is 2.02. The monoisotopic (exact) mass is 232 g/mol. The van der Waals surface area contributed by atoms with Crippen LogP contribution in [0.1, 0.15) is 27.8 Å². The molecule has 2 nitrogen and oxygen atoms in total. The van der Waals surface area contributed by atoms with Crippen LogP contribution in [0.15, 0.2) is 42.5 Å². The molecule has 0 heterocycles. The largest absolute Gasteiger partial charge is 0.192 e. The molecular formula is C16H12N2. The Labute approximate surface area is 107 Å². The van der Waals surface area contributed by atoms with Crippen LogP contribution in [-0.4, -0.2) is 0 Å². The maximum atomic E-state index is 9.00. The van der Waals surface area contributed by atoms with Crippen molar-refractivity contribution in [1.29, 1.82) is 10.5 Å². The fourth-order valence-corrected chi connectivity index (χ4v) is 1.89. The predicted molar refractivity (Wildman–Crippen MR) is 69.9 cm³/mol. The molecule has 0 aliphatic carbocycles. The minimum Gasteiger partial charge on any atom is -0.192 e. The molecule has 0 radical (unpaired) electrons. The fraction of sp³-hybridized carbons (Fsp3) is 0.125. The molecule has 0 spiro atoms. The molecule has 0 unspecified atom stereocenters. The summed E-state index contributed by atoms with van der Waals surface area (Å²) in [5.41, 5.74) is 4.55. The van der Waals surface area contributed by atoms with E-state index in [-0.39, 0.29) is 0 Å². The van der Waals surface area contributed by atoms with Gasteiger partial charge in [0.1, 0.15) is 0 Å². The highest BCUT2D eigenvalue weighted by molar-refractivity contribution is 5.42. The average molecular weight is 232 g/mol. The van der Waals surface area contributed by atoms with Gasteiger partial charge in [-0.25, -0.2) is 0 Å². The van der Waals surface area contributed by atoms with Crippen molar-refractivity contribution in [1.82, 2.24) is 0 Å². The van der Waals surface area contributed by atoms with Crippen LogP contribution in [-0.2, 0) is 6.42 Å². The Bertz CT molecular complexity index is 658. The minimum atomic E-state index is 0.667. The summed E-state index contributed by atoms with van der Waals surface area (Å²) in [6, 6.07) is 17.8. The first-order chi connectivity index (χ1) is 8.72. The topological polar surface area (TPSA) is 47.6 Å². The minimum absolute atomic E-state index is 0.667. The van der Waals surface area contributed by atoms with Gasteiger partial charge in [-0.15, -0.1) is 0 Å². The van der Waals surface area contributed by atoms with Gasteiger partial charge in [0.05, 0.1) is 23.3 Å². The van der Waals surface area contributed by atoms with Crippen LogP contribution in [0.2, 0.25) is 0 Å². The first-order valence-electron chi connectivity index (χ1n) is 5.71. The molecule has 2 aromatic carbocycles. The van der Waals surface area contributed by atoms with Crippen molar-refractivity contribution < 1.29 is 0 Å². The van der Waals surface area contributed by atoms with E-state index in [0.29, 0.717) is 11.1 Å². The van der Waals surface area contributed by atoms with Gasteiger partial charge in [-0.05, 0) is 48.2 Å². The van der Waals surface area contributed by atoms with Crippen molar-refractivity contribution in [3.63, 3.8) is 0 Å². The molecule has 2 aromatic rings. The van der Waals surface area contributed by atoms with E-state index < -0.39 is 0 Å². The lowest BCUT2D eigenvalue weighted by Crippen LogP contribution is -1.91. The number of rotatable bonds is 2. The highest BCUT2D eigenvalue weighted by atomic mass is 14.2. The van der Waals surface area contributed by atoms with Gasteiger partial charge in [0, 0.05) is 0 Å². The van der Waals surface area contributed by atoms with E-state index in [0.717, 1.165) is 23.1 Å². The summed E-state index contributed by atoms with van der Waals surface area (Å²) in [4.78, 5) is 0. The maximum Gasteiger partial charge on any atom is 0.0994 e. The molecule has 0 saturated carbocycles. The number of hydrogen-bond acceptors (Lipinski definition) is 2. The van der Waals surface area contributed by atoms with Gasteiger partial charge in [-0.3, -0.25) is 0 Å². The molecule has 0 bridgehead atoms. The summed E-state index contributed by atoms with van der Waals surface area (Å²) in [5.74, 6) is 0. The maximum absolute atomic E-state index is 9.00. The molecule has 0 aromatic heterocycles. The molecule has 2 rings (SSSR count). The summed E-state index contributed by atoms with van der Waals surface area (Å²) in [7, 11) is 0. The third-order valence-electron chi connectivity index (χ3n) is 2.89. The molecular weight excluding hydrogens is 220 g/mol. The van der Waals surface area contributed by atoms with Crippen LogP contribution < -0.4 is 0 Å². The van der Waals surface area contributed by atoms with Gasteiger partial charge in [-0.1, -0.05) is 24.3 Å². The van der Waals surface area contributed by atoms with Gasteiger partial charge in [0.15, 0.2) is 0 Å². The van der Waals surface area contributed by atoms with Crippen molar-refractivity contribution in [3.8, 4) is 12.1 Å². The Kier molecular flexibility index (Phi) is 3.41. The van der Waals surface area contributed by atoms with Gasteiger partial charge in [0.25, 0.3) is 0 Å². The SMILES string of the molecule is Cc1ccc(Cc2cccc(C#N)c2)cc1C#N. The molecule has 0 N–H and O–H groups in total. The lowest BCUT2D eigenvalue weighted by atomic mass is 9.99. The zero-order valence-electron chi connectivity index (χ0n) is 10.1. The van der Waals surface area contributed by atoms with E-state index in [4.69, 9.17) is 10.5 Å². The van der Waals surface area contributed by atoms with Crippen LogP contribution in [0, 0.1) is 29.6 Å². The standard InChI is InChI=1S/C16H12N2/c1-12-5-6-14(9-16(12)11-18)7-13-3-2-4-15(8-13)10-17/h2-6,8-9H,7H2,1H3. The van der Waals surface area contributed by atoms with Crippen molar-refractivity contribution in [3.05, 3.63) is 70.3 Å². The molecule has 0 fully saturated rings. The first kappa shape index (κ1) is 11.9. The summed E-state index contributed by atoms with van der Waals surface area (Å²) in [6.07, 6.45) is 0.741. The Hall–Kier alpha value is -2.58. The number of aryl methyl sites for hydroxylation is 1. The van der Waals surface area contributed by atoms with Gasteiger partial charge in [0.2, 0.25) is 0 Å². The third-order valence-corrected chi connectivity index (χ3v) is 2.89. The fourth-order valence-electron chi connectivity index (χ4n) is 1.89. The second-order valence-electron chi connectivity index (χ2n) is 4.25. The van der Waals surface area contributed by atoms with E-state index in [1.807, 2.05) is 43.3 Å². The lowest BCUT2D eigenvalue weighted by molar-refractivity contribution is 1.18. The quantitative estimate of drug-likeness (QED) is 0.797.